The van der Waals surface area contributed by atoms with E-state index in [1.807, 2.05) is 0 Å². The van der Waals surface area contributed by atoms with Crippen molar-refractivity contribution in [3.63, 3.8) is 0 Å². The second-order valence-electron chi connectivity index (χ2n) is 9.67. The maximum absolute atomic E-state index is 9.69. The summed E-state index contributed by atoms with van der Waals surface area (Å²) in [5.74, 6) is 2.62. The zero-order chi connectivity index (χ0) is 20.2. The molecule has 0 spiro atoms. The van der Waals surface area contributed by atoms with Crippen LogP contribution >= 0.6 is 0 Å². The van der Waals surface area contributed by atoms with Crippen LogP contribution in [0.15, 0.2) is 48.5 Å². The molecule has 0 aliphatic heterocycles. The third-order valence-corrected chi connectivity index (χ3v) is 7.61. The molecule has 29 heavy (non-hydrogen) atoms. The van der Waals surface area contributed by atoms with Crippen LogP contribution in [0, 0.1) is 18.8 Å². The Hall–Kier alpha value is -1.64. The summed E-state index contributed by atoms with van der Waals surface area (Å²) in [6.45, 7) is 4.51. The van der Waals surface area contributed by atoms with Crippen LogP contribution in [0.3, 0.4) is 0 Å². The van der Waals surface area contributed by atoms with E-state index in [9.17, 15) is 5.26 Å². The number of aryl methyl sites for hydroxylation is 1. The number of hydrogen-bond acceptors (Lipinski definition) is 2. The van der Waals surface area contributed by atoms with Gasteiger partial charge in [0.25, 0.3) is 0 Å². The average Bonchev–Trinajstić information content (AvgIpc) is 2.76. The molecule has 0 radical (unpaired) electrons. The summed E-state index contributed by atoms with van der Waals surface area (Å²) in [6, 6.07) is 17.9. The Labute approximate surface area is 176 Å². The molecule has 2 aromatic carbocycles. The molecule has 1 unspecified atom stereocenters. The van der Waals surface area contributed by atoms with Gasteiger partial charge in [0.2, 0.25) is 0 Å². The van der Waals surface area contributed by atoms with Gasteiger partial charge in [0.05, 0.1) is 0 Å². The van der Waals surface area contributed by atoms with Crippen LogP contribution in [-0.4, -0.2) is 5.26 Å². The largest absolute Gasteiger partial charge is 0.251 e. The molecule has 2 aliphatic rings. The van der Waals surface area contributed by atoms with E-state index in [1.54, 1.807) is 0 Å². The van der Waals surface area contributed by atoms with Gasteiger partial charge in [0.15, 0.2) is 0 Å². The number of benzene rings is 2. The molecule has 2 aliphatic carbocycles. The van der Waals surface area contributed by atoms with E-state index in [1.165, 1.54) is 55.2 Å². The summed E-state index contributed by atoms with van der Waals surface area (Å²) in [7, 11) is 0. The van der Waals surface area contributed by atoms with Crippen molar-refractivity contribution in [2.45, 2.75) is 83.2 Å². The van der Waals surface area contributed by atoms with E-state index in [0.717, 1.165) is 24.3 Å². The first-order chi connectivity index (χ1) is 14.1. The molecule has 2 aromatic rings. The Bertz CT molecular complexity index is 748. The van der Waals surface area contributed by atoms with Gasteiger partial charge in [-0.1, -0.05) is 73.9 Å². The molecule has 2 fully saturated rings. The molecule has 0 bridgehead atoms. The zero-order valence-electron chi connectivity index (χ0n) is 18.0. The minimum absolute atomic E-state index is 0.200. The lowest BCUT2D eigenvalue weighted by Crippen LogP contribution is -2.21. The van der Waals surface area contributed by atoms with Crippen LogP contribution in [-0.2, 0) is 4.89 Å². The summed E-state index contributed by atoms with van der Waals surface area (Å²) in [5, 5.41) is 9.69. The predicted octanol–water partition coefficient (Wildman–Crippen LogP) is 7.79. The lowest BCUT2D eigenvalue weighted by atomic mass is 9.75. The highest BCUT2D eigenvalue weighted by Gasteiger charge is 2.30. The van der Waals surface area contributed by atoms with Crippen LogP contribution in [0.4, 0.5) is 0 Å². The SMILES string of the molecule is Cc1ccc(C2CCC(C(OO)c3ccc(C4CCC(C)CC4)cc3)CC2)cc1. The fourth-order valence-corrected chi connectivity index (χ4v) is 5.56. The van der Waals surface area contributed by atoms with E-state index >= 15 is 0 Å². The molecule has 1 atom stereocenters. The van der Waals surface area contributed by atoms with Gasteiger partial charge in [-0.3, -0.25) is 5.26 Å². The summed E-state index contributed by atoms with van der Waals surface area (Å²) in [5.41, 5.74) is 5.36. The van der Waals surface area contributed by atoms with Crippen LogP contribution in [0.5, 0.6) is 0 Å². The van der Waals surface area contributed by atoms with Crippen molar-refractivity contribution < 1.29 is 10.1 Å². The van der Waals surface area contributed by atoms with Crippen molar-refractivity contribution in [3.05, 3.63) is 70.8 Å². The Kier molecular flexibility index (Phi) is 6.72. The van der Waals surface area contributed by atoms with Crippen molar-refractivity contribution in [2.75, 3.05) is 0 Å². The molecule has 0 amide bonds. The maximum Gasteiger partial charge on any atom is 0.120 e. The zero-order valence-corrected chi connectivity index (χ0v) is 18.0. The molecule has 0 aromatic heterocycles. The quantitative estimate of drug-likeness (QED) is 0.415. The maximum atomic E-state index is 9.69. The molecule has 0 heterocycles. The van der Waals surface area contributed by atoms with Gasteiger partial charge in [0.1, 0.15) is 6.10 Å². The molecule has 2 heteroatoms. The predicted molar refractivity (Wildman–Crippen MR) is 119 cm³/mol. The van der Waals surface area contributed by atoms with Crippen molar-refractivity contribution in [1.29, 1.82) is 0 Å². The highest BCUT2D eigenvalue weighted by Crippen LogP contribution is 2.43. The van der Waals surface area contributed by atoms with E-state index < -0.39 is 0 Å². The van der Waals surface area contributed by atoms with Crippen LogP contribution in [0.25, 0.3) is 0 Å². The monoisotopic (exact) mass is 392 g/mol. The molecule has 4 rings (SSSR count). The third-order valence-electron chi connectivity index (χ3n) is 7.61. The van der Waals surface area contributed by atoms with Gasteiger partial charge in [-0.25, -0.2) is 4.89 Å². The van der Waals surface area contributed by atoms with Crippen molar-refractivity contribution >= 4 is 0 Å². The van der Waals surface area contributed by atoms with Crippen LogP contribution in [0.2, 0.25) is 0 Å². The van der Waals surface area contributed by atoms with E-state index in [4.69, 9.17) is 4.89 Å². The second kappa shape index (κ2) is 9.45. The fourth-order valence-electron chi connectivity index (χ4n) is 5.56. The van der Waals surface area contributed by atoms with Crippen LogP contribution in [0.1, 0.15) is 98.5 Å². The number of rotatable bonds is 5. The summed E-state index contributed by atoms with van der Waals surface area (Å²) >= 11 is 0. The highest BCUT2D eigenvalue weighted by atomic mass is 17.1. The van der Waals surface area contributed by atoms with E-state index in [-0.39, 0.29) is 6.10 Å². The Morgan fingerprint density at radius 1 is 0.724 bits per heavy atom. The van der Waals surface area contributed by atoms with Gasteiger partial charge in [-0.05, 0) is 85.8 Å². The van der Waals surface area contributed by atoms with Crippen molar-refractivity contribution in [2.24, 2.45) is 11.8 Å². The molecule has 1 N–H and O–H groups in total. The lowest BCUT2D eigenvalue weighted by molar-refractivity contribution is -0.296. The standard InChI is InChI=1S/C27H36O2/c1-19-3-7-21(8-4-19)23-11-15-25(16-12-23)27(29-28)26-17-13-24(14-18-26)22-9-5-20(2)6-10-22/h3-4,7-8,13-14,17-18,20,22-23,25,27-28H,5-6,9-12,15-16H2,1-2H3. The van der Waals surface area contributed by atoms with Gasteiger partial charge in [-0.2, -0.15) is 0 Å². The van der Waals surface area contributed by atoms with E-state index in [2.05, 4.69) is 62.4 Å². The second-order valence-corrected chi connectivity index (χ2v) is 9.67. The molecule has 0 saturated heterocycles. The Morgan fingerprint density at radius 3 is 1.72 bits per heavy atom. The molecular weight excluding hydrogens is 356 g/mol. The first-order valence-corrected chi connectivity index (χ1v) is 11.6. The topological polar surface area (TPSA) is 29.5 Å². The van der Waals surface area contributed by atoms with Crippen molar-refractivity contribution in [3.8, 4) is 0 Å². The van der Waals surface area contributed by atoms with Gasteiger partial charge >= 0.3 is 0 Å². The fraction of sp³-hybridized carbons (Fsp3) is 0.556. The summed E-state index contributed by atoms with van der Waals surface area (Å²) < 4.78 is 0. The summed E-state index contributed by atoms with van der Waals surface area (Å²) in [6.07, 6.45) is 9.66. The van der Waals surface area contributed by atoms with Gasteiger partial charge < -0.3 is 0 Å². The Morgan fingerprint density at radius 2 is 1.21 bits per heavy atom. The van der Waals surface area contributed by atoms with E-state index in [0.29, 0.717) is 17.8 Å². The summed E-state index contributed by atoms with van der Waals surface area (Å²) in [4.78, 5) is 5.03. The minimum atomic E-state index is -0.200. The van der Waals surface area contributed by atoms with Gasteiger partial charge in [-0.15, -0.1) is 0 Å². The molecule has 156 valence electrons. The minimum Gasteiger partial charge on any atom is -0.251 e. The molecular formula is C27H36O2. The Balaban J connectivity index is 1.37. The smallest absolute Gasteiger partial charge is 0.120 e. The highest BCUT2D eigenvalue weighted by molar-refractivity contribution is 5.28. The normalized spacial score (nSPS) is 28.8. The number of hydrogen-bond donors (Lipinski definition) is 1. The van der Waals surface area contributed by atoms with Crippen LogP contribution < -0.4 is 0 Å². The first-order valence-electron chi connectivity index (χ1n) is 11.6. The van der Waals surface area contributed by atoms with Crippen molar-refractivity contribution in [1.82, 2.24) is 0 Å². The average molecular weight is 393 g/mol. The van der Waals surface area contributed by atoms with Gasteiger partial charge in [0, 0.05) is 0 Å². The molecule has 2 saturated carbocycles. The third kappa shape index (κ3) is 4.92. The lowest BCUT2D eigenvalue weighted by Gasteiger charge is -2.33. The first kappa shape index (κ1) is 20.6. The molecule has 2 nitrogen and oxygen atoms in total.